The van der Waals surface area contributed by atoms with Gasteiger partial charge in [-0.2, -0.15) is 0 Å². The number of benzene rings is 1. The topological polar surface area (TPSA) is 75.6 Å². The molecule has 0 spiro atoms. The fourth-order valence-electron chi connectivity index (χ4n) is 2.25. The van der Waals surface area contributed by atoms with Crippen LogP contribution in [0.25, 0.3) is 0 Å². The quantitative estimate of drug-likeness (QED) is 0.842. The molecule has 0 saturated carbocycles. The summed E-state index contributed by atoms with van der Waals surface area (Å²) in [6.45, 7) is 7.36. The van der Waals surface area contributed by atoms with Gasteiger partial charge in [-0.3, -0.25) is 4.79 Å². The van der Waals surface area contributed by atoms with E-state index < -0.39 is 12.0 Å². The van der Waals surface area contributed by atoms with Crippen molar-refractivity contribution in [2.75, 3.05) is 7.11 Å². The average molecular weight is 293 g/mol. The maximum atomic E-state index is 12.1. The van der Waals surface area contributed by atoms with Crippen LogP contribution in [0.5, 0.6) is 5.75 Å². The molecule has 2 N–H and O–H groups in total. The van der Waals surface area contributed by atoms with Gasteiger partial charge in [0.05, 0.1) is 13.5 Å². The van der Waals surface area contributed by atoms with Crippen LogP contribution in [0.2, 0.25) is 0 Å². The minimum Gasteiger partial charge on any atom is -0.497 e. The van der Waals surface area contributed by atoms with E-state index in [-0.39, 0.29) is 18.2 Å². The molecule has 5 heteroatoms. The van der Waals surface area contributed by atoms with Crippen LogP contribution in [0.1, 0.15) is 30.5 Å². The van der Waals surface area contributed by atoms with Gasteiger partial charge in [-0.15, -0.1) is 0 Å². The molecular weight excluding hydrogens is 270 g/mol. The van der Waals surface area contributed by atoms with Crippen molar-refractivity contribution in [2.24, 2.45) is 5.92 Å². The Morgan fingerprint density at radius 2 is 1.76 bits per heavy atom. The molecule has 5 nitrogen and oxygen atoms in total. The van der Waals surface area contributed by atoms with Crippen LogP contribution in [-0.4, -0.2) is 30.1 Å². The number of carboxylic acid groups (broad SMARTS) is 1. The van der Waals surface area contributed by atoms with Crippen molar-refractivity contribution in [3.05, 3.63) is 28.8 Å². The first-order valence-corrected chi connectivity index (χ1v) is 6.92. The van der Waals surface area contributed by atoms with Crippen molar-refractivity contribution >= 4 is 11.9 Å². The highest BCUT2D eigenvalue weighted by atomic mass is 16.5. The molecule has 0 aliphatic rings. The van der Waals surface area contributed by atoms with Crippen LogP contribution in [0.4, 0.5) is 0 Å². The van der Waals surface area contributed by atoms with Crippen LogP contribution in [0, 0.1) is 19.8 Å². The molecule has 0 saturated heterocycles. The van der Waals surface area contributed by atoms with E-state index in [1.165, 1.54) is 0 Å². The number of carboxylic acids is 1. The number of rotatable bonds is 6. The molecule has 0 fully saturated rings. The summed E-state index contributed by atoms with van der Waals surface area (Å²) in [5.74, 6) is -0.710. The van der Waals surface area contributed by atoms with Gasteiger partial charge in [0, 0.05) is 0 Å². The minimum atomic E-state index is -1.01. The van der Waals surface area contributed by atoms with E-state index in [9.17, 15) is 9.59 Å². The van der Waals surface area contributed by atoms with Gasteiger partial charge >= 0.3 is 5.97 Å². The number of hydrogen-bond donors (Lipinski definition) is 2. The summed E-state index contributed by atoms with van der Waals surface area (Å²) in [5, 5.41) is 11.7. The zero-order valence-corrected chi connectivity index (χ0v) is 13.2. The lowest BCUT2D eigenvalue weighted by Gasteiger charge is -2.19. The van der Waals surface area contributed by atoms with Crippen LogP contribution in [-0.2, 0) is 16.0 Å². The normalized spacial score (nSPS) is 12.1. The van der Waals surface area contributed by atoms with Crippen LogP contribution in [0.15, 0.2) is 12.1 Å². The Balaban J connectivity index is 2.86. The number of methoxy groups -OCH3 is 1. The molecule has 1 aromatic carbocycles. The van der Waals surface area contributed by atoms with Gasteiger partial charge in [-0.25, -0.2) is 4.79 Å². The van der Waals surface area contributed by atoms with Crippen molar-refractivity contribution in [1.29, 1.82) is 0 Å². The molecule has 1 amide bonds. The van der Waals surface area contributed by atoms with Gasteiger partial charge in [0.15, 0.2) is 0 Å². The minimum absolute atomic E-state index is 0.162. The number of aryl methyl sites for hydroxylation is 2. The number of aliphatic carboxylic acids is 1. The van der Waals surface area contributed by atoms with Gasteiger partial charge in [0.25, 0.3) is 0 Å². The fourth-order valence-corrected chi connectivity index (χ4v) is 2.25. The zero-order valence-electron chi connectivity index (χ0n) is 13.2. The molecule has 1 rings (SSSR count). The number of carbonyl (C=O) groups is 2. The van der Waals surface area contributed by atoms with Crippen LogP contribution in [0.3, 0.4) is 0 Å². The Kier molecular flexibility index (Phi) is 5.76. The van der Waals surface area contributed by atoms with E-state index in [1.807, 2.05) is 26.0 Å². The molecule has 0 radical (unpaired) electrons. The molecule has 0 heterocycles. The molecule has 1 atom stereocenters. The molecule has 116 valence electrons. The maximum absolute atomic E-state index is 12.1. The lowest BCUT2D eigenvalue weighted by atomic mass is 9.98. The lowest BCUT2D eigenvalue weighted by Crippen LogP contribution is -2.45. The highest BCUT2D eigenvalue weighted by Crippen LogP contribution is 2.22. The summed E-state index contributed by atoms with van der Waals surface area (Å²) in [5.41, 5.74) is 2.82. The Morgan fingerprint density at radius 1 is 1.24 bits per heavy atom. The third kappa shape index (κ3) is 4.48. The Morgan fingerprint density at radius 3 is 2.14 bits per heavy atom. The number of hydrogen-bond acceptors (Lipinski definition) is 3. The summed E-state index contributed by atoms with van der Waals surface area (Å²) in [4.78, 5) is 23.2. The molecule has 0 aliphatic carbocycles. The largest absolute Gasteiger partial charge is 0.497 e. The van der Waals surface area contributed by atoms with Gasteiger partial charge in [-0.05, 0) is 48.6 Å². The van der Waals surface area contributed by atoms with Gasteiger partial charge in [-0.1, -0.05) is 13.8 Å². The second-order valence-corrected chi connectivity index (χ2v) is 5.54. The van der Waals surface area contributed by atoms with Crippen molar-refractivity contribution in [3.8, 4) is 5.75 Å². The number of amides is 1. The smallest absolute Gasteiger partial charge is 0.326 e. The molecular formula is C16H23NO4. The van der Waals surface area contributed by atoms with Crippen molar-refractivity contribution in [1.82, 2.24) is 5.32 Å². The molecule has 0 aromatic heterocycles. The Labute approximate surface area is 125 Å². The van der Waals surface area contributed by atoms with E-state index in [4.69, 9.17) is 9.84 Å². The molecule has 0 aliphatic heterocycles. The van der Waals surface area contributed by atoms with E-state index in [0.29, 0.717) is 0 Å². The van der Waals surface area contributed by atoms with Crippen LogP contribution >= 0.6 is 0 Å². The first-order chi connectivity index (χ1) is 9.76. The second-order valence-electron chi connectivity index (χ2n) is 5.54. The fraction of sp³-hybridized carbons (Fsp3) is 0.500. The molecule has 1 aromatic rings. The average Bonchev–Trinajstić information content (AvgIpc) is 2.39. The number of ether oxygens (including phenoxy) is 1. The second kappa shape index (κ2) is 7.11. The predicted octanol–water partition coefficient (Wildman–Crippen LogP) is 2.08. The zero-order chi connectivity index (χ0) is 16.2. The first-order valence-electron chi connectivity index (χ1n) is 6.92. The highest BCUT2D eigenvalue weighted by molar-refractivity contribution is 5.85. The number of carbonyl (C=O) groups excluding carboxylic acids is 1. The Bertz CT molecular complexity index is 514. The maximum Gasteiger partial charge on any atom is 0.326 e. The summed E-state index contributed by atoms with van der Waals surface area (Å²) >= 11 is 0. The van der Waals surface area contributed by atoms with E-state index in [1.54, 1.807) is 21.0 Å². The van der Waals surface area contributed by atoms with E-state index in [2.05, 4.69) is 5.32 Å². The van der Waals surface area contributed by atoms with Crippen LogP contribution < -0.4 is 10.1 Å². The number of nitrogens with one attached hydrogen (secondary N) is 1. The van der Waals surface area contributed by atoms with Gasteiger partial charge in [0.1, 0.15) is 11.8 Å². The summed E-state index contributed by atoms with van der Waals surface area (Å²) in [6, 6.07) is 2.87. The highest BCUT2D eigenvalue weighted by Gasteiger charge is 2.23. The SMILES string of the molecule is COc1cc(C)c(CC(=O)N[C@H](C(=O)O)C(C)C)c(C)c1. The van der Waals surface area contributed by atoms with Gasteiger partial charge < -0.3 is 15.2 Å². The Hall–Kier alpha value is -2.04. The predicted molar refractivity (Wildman–Crippen MR) is 80.6 cm³/mol. The molecule has 0 unspecified atom stereocenters. The van der Waals surface area contributed by atoms with Gasteiger partial charge in [0.2, 0.25) is 5.91 Å². The van der Waals surface area contributed by atoms with Crippen molar-refractivity contribution in [2.45, 2.75) is 40.2 Å². The van der Waals surface area contributed by atoms with Crippen molar-refractivity contribution < 1.29 is 19.4 Å². The van der Waals surface area contributed by atoms with E-state index in [0.717, 1.165) is 22.4 Å². The standard InChI is InChI=1S/C16H23NO4/c1-9(2)15(16(19)20)17-14(18)8-13-10(3)6-12(21-5)7-11(13)4/h6-7,9,15H,8H2,1-5H3,(H,17,18)(H,19,20)/t15-/m0/s1. The first kappa shape index (κ1) is 17.0. The summed E-state index contributed by atoms with van der Waals surface area (Å²) in [6.07, 6.45) is 0.165. The molecule has 21 heavy (non-hydrogen) atoms. The molecule has 0 bridgehead atoms. The van der Waals surface area contributed by atoms with Crippen molar-refractivity contribution in [3.63, 3.8) is 0 Å². The summed E-state index contributed by atoms with van der Waals surface area (Å²) < 4.78 is 5.19. The summed E-state index contributed by atoms with van der Waals surface area (Å²) in [7, 11) is 1.60. The lowest BCUT2D eigenvalue weighted by molar-refractivity contribution is -0.143. The monoisotopic (exact) mass is 293 g/mol. The van der Waals surface area contributed by atoms with E-state index >= 15 is 0 Å². The third-order valence-corrected chi connectivity index (χ3v) is 3.49. The third-order valence-electron chi connectivity index (χ3n) is 3.49.